The Bertz CT molecular complexity index is 380. The molecule has 1 aromatic rings. The maximum absolute atomic E-state index is 6.13. The van der Waals surface area contributed by atoms with E-state index in [1.165, 1.54) is 0 Å². The summed E-state index contributed by atoms with van der Waals surface area (Å²) in [5, 5.41) is 4.57. The van der Waals surface area contributed by atoms with E-state index in [-0.39, 0.29) is 5.04 Å². The molecule has 0 spiro atoms. The van der Waals surface area contributed by atoms with Crippen molar-refractivity contribution in [3.05, 3.63) is 11.6 Å². The molecule has 0 aliphatic heterocycles. The van der Waals surface area contributed by atoms with Gasteiger partial charge in [-0.25, -0.2) is 4.98 Å². The van der Waals surface area contributed by atoms with Gasteiger partial charge in [0.2, 0.25) is 0 Å². The molecule has 0 amide bonds. The summed E-state index contributed by atoms with van der Waals surface area (Å²) in [6.07, 6.45) is 0.869. The van der Waals surface area contributed by atoms with Crippen LogP contribution in [0.4, 0.5) is 0 Å². The highest BCUT2D eigenvalue weighted by atomic mass is 28.4. The molecular weight excluding hydrogens is 230 g/mol. The molecular formula is C12H25N3OSi. The first-order chi connectivity index (χ1) is 7.67. The number of hydrogen-bond acceptors (Lipinski definition) is 3. The van der Waals surface area contributed by atoms with E-state index in [1.807, 2.05) is 11.7 Å². The summed E-state index contributed by atoms with van der Waals surface area (Å²) < 4.78 is 7.96. The first-order valence-corrected chi connectivity index (χ1v) is 9.11. The molecule has 0 N–H and O–H groups in total. The summed E-state index contributed by atoms with van der Waals surface area (Å²) in [5.41, 5.74) is 0. The molecule has 0 atom stereocenters. The van der Waals surface area contributed by atoms with Crippen molar-refractivity contribution in [2.75, 3.05) is 0 Å². The minimum atomic E-state index is -1.69. The Balaban J connectivity index is 2.70. The highest BCUT2D eigenvalue weighted by Gasteiger charge is 2.37. The van der Waals surface area contributed by atoms with E-state index >= 15 is 0 Å². The zero-order chi connectivity index (χ0) is 13.3. The van der Waals surface area contributed by atoms with Crippen molar-refractivity contribution < 1.29 is 4.43 Å². The SMILES string of the molecule is CCc1nc(CO[Si](C)(C)C(C)(C)C)n(C)n1. The Morgan fingerprint density at radius 2 is 1.88 bits per heavy atom. The third kappa shape index (κ3) is 3.39. The van der Waals surface area contributed by atoms with Gasteiger partial charge >= 0.3 is 0 Å². The van der Waals surface area contributed by atoms with Crippen LogP contribution in [0.3, 0.4) is 0 Å². The van der Waals surface area contributed by atoms with Crippen LogP contribution in [0.2, 0.25) is 18.1 Å². The zero-order valence-electron chi connectivity index (χ0n) is 12.2. The second kappa shape index (κ2) is 4.90. The Hall–Kier alpha value is -0.683. The molecule has 1 heterocycles. The van der Waals surface area contributed by atoms with Gasteiger partial charge < -0.3 is 4.43 Å². The fraction of sp³-hybridized carbons (Fsp3) is 0.833. The van der Waals surface area contributed by atoms with Crippen molar-refractivity contribution in [2.24, 2.45) is 7.05 Å². The Morgan fingerprint density at radius 3 is 2.29 bits per heavy atom. The van der Waals surface area contributed by atoms with Gasteiger partial charge in [-0.2, -0.15) is 5.10 Å². The summed E-state index contributed by atoms with van der Waals surface area (Å²) >= 11 is 0. The minimum absolute atomic E-state index is 0.235. The molecule has 17 heavy (non-hydrogen) atoms. The first-order valence-electron chi connectivity index (χ1n) is 6.20. The molecule has 0 radical (unpaired) electrons. The van der Waals surface area contributed by atoms with Crippen LogP contribution in [-0.4, -0.2) is 23.1 Å². The van der Waals surface area contributed by atoms with Crippen LogP contribution < -0.4 is 0 Å². The second-order valence-electron chi connectivity index (χ2n) is 5.97. The van der Waals surface area contributed by atoms with E-state index in [1.54, 1.807) is 0 Å². The fourth-order valence-corrected chi connectivity index (χ4v) is 2.13. The van der Waals surface area contributed by atoms with Crippen molar-refractivity contribution in [1.29, 1.82) is 0 Å². The van der Waals surface area contributed by atoms with Crippen molar-refractivity contribution in [3.8, 4) is 0 Å². The molecule has 1 aromatic heterocycles. The third-order valence-electron chi connectivity index (χ3n) is 3.58. The Labute approximate surface area is 106 Å². The predicted octanol–water partition coefficient (Wildman–Crippen LogP) is 2.90. The average molecular weight is 255 g/mol. The van der Waals surface area contributed by atoms with E-state index in [9.17, 15) is 0 Å². The van der Waals surface area contributed by atoms with Gasteiger partial charge in [0.1, 0.15) is 0 Å². The first kappa shape index (κ1) is 14.4. The lowest BCUT2D eigenvalue weighted by molar-refractivity contribution is 0.262. The van der Waals surface area contributed by atoms with Crippen molar-refractivity contribution in [3.63, 3.8) is 0 Å². The van der Waals surface area contributed by atoms with Gasteiger partial charge in [-0.15, -0.1) is 0 Å². The summed E-state index contributed by atoms with van der Waals surface area (Å²) in [6, 6.07) is 0. The van der Waals surface area contributed by atoms with Gasteiger partial charge in [0.15, 0.2) is 20.0 Å². The zero-order valence-corrected chi connectivity index (χ0v) is 13.2. The van der Waals surface area contributed by atoms with Crippen LogP contribution in [0, 0.1) is 0 Å². The Morgan fingerprint density at radius 1 is 1.29 bits per heavy atom. The van der Waals surface area contributed by atoms with Crippen LogP contribution in [-0.2, 0) is 24.5 Å². The molecule has 0 saturated heterocycles. The summed E-state index contributed by atoms with van der Waals surface area (Å²) in [4.78, 5) is 4.46. The molecule has 98 valence electrons. The highest BCUT2D eigenvalue weighted by Crippen LogP contribution is 2.36. The van der Waals surface area contributed by atoms with Gasteiger partial charge in [-0.1, -0.05) is 27.7 Å². The van der Waals surface area contributed by atoms with Gasteiger partial charge in [-0.3, -0.25) is 4.68 Å². The van der Waals surface area contributed by atoms with E-state index < -0.39 is 8.32 Å². The van der Waals surface area contributed by atoms with Gasteiger partial charge in [0, 0.05) is 13.5 Å². The van der Waals surface area contributed by atoms with Crippen molar-refractivity contribution in [1.82, 2.24) is 14.8 Å². The van der Waals surface area contributed by atoms with Crippen LogP contribution in [0.1, 0.15) is 39.3 Å². The molecule has 0 bridgehead atoms. The van der Waals surface area contributed by atoms with Crippen molar-refractivity contribution >= 4 is 8.32 Å². The van der Waals surface area contributed by atoms with E-state index in [2.05, 4.69) is 50.9 Å². The van der Waals surface area contributed by atoms with Crippen LogP contribution in [0.5, 0.6) is 0 Å². The average Bonchev–Trinajstić information content (AvgIpc) is 2.55. The lowest BCUT2D eigenvalue weighted by Gasteiger charge is -2.35. The molecule has 0 aliphatic carbocycles. The number of aryl methyl sites for hydroxylation is 2. The van der Waals surface area contributed by atoms with Gasteiger partial charge in [0.25, 0.3) is 0 Å². The summed E-state index contributed by atoms with van der Waals surface area (Å²) in [5.74, 6) is 1.81. The molecule has 0 fully saturated rings. The normalized spacial score (nSPS) is 13.1. The molecule has 4 nitrogen and oxygen atoms in total. The number of nitrogens with zero attached hydrogens (tertiary/aromatic N) is 3. The molecule has 0 unspecified atom stereocenters. The fourth-order valence-electron chi connectivity index (χ4n) is 1.21. The predicted molar refractivity (Wildman–Crippen MR) is 72.4 cm³/mol. The maximum atomic E-state index is 6.13. The second-order valence-corrected chi connectivity index (χ2v) is 10.8. The molecule has 5 heteroatoms. The largest absolute Gasteiger partial charge is 0.409 e. The van der Waals surface area contributed by atoms with E-state index in [0.29, 0.717) is 6.61 Å². The van der Waals surface area contributed by atoms with Crippen LogP contribution in [0.15, 0.2) is 0 Å². The number of hydrogen-bond donors (Lipinski definition) is 0. The maximum Gasteiger partial charge on any atom is 0.192 e. The lowest BCUT2D eigenvalue weighted by atomic mass is 10.2. The molecule has 0 aromatic carbocycles. The minimum Gasteiger partial charge on any atom is -0.409 e. The number of rotatable bonds is 4. The Kier molecular flexibility index (Phi) is 4.14. The third-order valence-corrected chi connectivity index (χ3v) is 8.06. The number of aromatic nitrogens is 3. The highest BCUT2D eigenvalue weighted by molar-refractivity contribution is 6.74. The van der Waals surface area contributed by atoms with E-state index in [4.69, 9.17) is 4.43 Å². The summed E-state index contributed by atoms with van der Waals surface area (Å²) in [6.45, 7) is 13.9. The lowest BCUT2D eigenvalue weighted by Crippen LogP contribution is -2.40. The quantitative estimate of drug-likeness (QED) is 0.777. The molecule has 0 aliphatic rings. The monoisotopic (exact) mass is 255 g/mol. The molecule has 0 saturated carbocycles. The van der Waals surface area contributed by atoms with Crippen LogP contribution >= 0.6 is 0 Å². The standard InChI is InChI=1S/C12H25N3OSi/c1-8-10-13-11(15(5)14-10)9-16-17(6,7)12(2,3)4/h8-9H2,1-7H3. The van der Waals surface area contributed by atoms with Gasteiger partial charge in [-0.05, 0) is 18.1 Å². The topological polar surface area (TPSA) is 39.9 Å². The van der Waals surface area contributed by atoms with E-state index in [0.717, 1.165) is 18.1 Å². The van der Waals surface area contributed by atoms with Crippen LogP contribution in [0.25, 0.3) is 0 Å². The summed E-state index contributed by atoms with van der Waals surface area (Å²) in [7, 11) is 0.234. The smallest absolute Gasteiger partial charge is 0.192 e. The molecule has 1 rings (SSSR count). The van der Waals surface area contributed by atoms with Crippen molar-refractivity contribution in [2.45, 2.75) is 58.9 Å². The van der Waals surface area contributed by atoms with Gasteiger partial charge in [0.05, 0.1) is 6.61 Å².